The van der Waals surface area contributed by atoms with E-state index in [9.17, 15) is 14.4 Å². The van der Waals surface area contributed by atoms with Crippen LogP contribution in [0.4, 0.5) is 5.95 Å². The molecule has 0 bridgehead atoms. The summed E-state index contributed by atoms with van der Waals surface area (Å²) in [6, 6.07) is 0. The molecule has 0 saturated carbocycles. The summed E-state index contributed by atoms with van der Waals surface area (Å²) in [6.45, 7) is 8.32. The molecule has 2 aromatic heterocycles. The molecule has 0 saturated heterocycles. The average Bonchev–Trinajstić information content (AvgIpc) is 3.16. The van der Waals surface area contributed by atoms with E-state index in [2.05, 4.69) is 15.0 Å². The number of rotatable bonds is 16. The molecule has 3 N–H and O–H groups in total. The number of nitrogens with zero attached hydrogens (tertiary/aromatic N) is 3. The molecule has 0 radical (unpaired) electrons. The second-order valence-corrected chi connectivity index (χ2v) is 8.60. The van der Waals surface area contributed by atoms with Crippen LogP contribution in [-0.2, 0) is 21.0 Å². The number of nitrogens with two attached hydrogens (primary N) is 1. The van der Waals surface area contributed by atoms with Crippen LogP contribution < -0.4 is 11.3 Å². The highest BCUT2D eigenvalue weighted by atomic mass is 16.6. The van der Waals surface area contributed by atoms with Crippen LogP contribution in [0.1, 0.15) is 89.7 Å². The van der Waals surface area contributed by atoms with Crippen molar-refractivity contribution in [3.05, 3.63) is 16.2 Å². The molecule has 0 aliphatic carbocycles. The number of carbonyl (C=O) groups excluding carboxylic acids is 2. The number of ketones is 1. The predicted molar refractivity (Wildman–Crippen MR) is 130 cm³/mol. The highest BCUT2D eigenvalue weighted by Gasteiger charge is 2.26. The monoisotopic (exact) mass is 477 g/mol. The molecular formula is C24H39N5O5. The number of nitrogen functional groups attached to an aromatic ring is 1. The fourth-order valence-electron chi connectivity index (χ4n) is 4.18. The summed E-state index contributed by atoms with van der Waals surface area (Å²) < 4.78 is 12.6. The highest BCUT2D eigenvalue weighted by Crippen LogP contribution is 2.22. The summed E-state index contributed by atoms with van der Waals surface area (Å²) in [6.07, 6.45) is 6.64. The van der Waals surface area contributed by atoms with Gasteiger partial charge in [0.25, 0.3) is 5.56 Å². The molecular weight excluding hydrogens is 438 g/mol. The molecule has 0 atom stereocenters. The number of imidazole rings is 1. The van der Waals surface area contributed by atoms with Crippen LogP contribution in [0.15, 0.2) is 4.79 Å². The Kier molecular flexibility index (Phi) is 11.2. The smallest absolute Gasteiger partial charge is 0.309 e. The lowest BCUT2D eigenvalue weighted by molar-refractivity contribution is -0.151. The van der Waals surface area contributed by atoms with Crippen LogP contribution in [0.25, 0.3) is 11.2 Å². The molecule has 0 unspecified atom stereocenters. The standard InChI is InChI=1S/C24H39N5O5/c1-5-9-16(10-6-2)19(30)21-26-18-20(27-24(25)28-22(18)31)29(21)15-33-13-14-34-23(32)17(11-7-3)12-8-4/h16-17H,5-15H2,1-4H3,(H3,25,27,28,31). The Labute approximate surface area is 200 Å². The van der Waals surface area contributed by atoms with E-state index in [4.69, 9.17) is 15.2 Å². The van der Waals surface area contributed by atoms with Crippen LogP contribution in [0, 0.1) is 11.8 Å². The molecule has 0 aliphatic rings. The van der Waals surface area contributed by atoms with E-state index in [0.29, 0.717) is 0 Å². The molecule has 190 valence electrons. The summed E-state index contributed by atoms with van der Waals surface area (Å²) in [5.74, 6) is -0.575. The first-order chi connectivity index (χ1) is 16.4. The lowest BCUT2D eigenvalue weighted by Crippen LogP contribution is -2.22. The normalized spacial score (nSPS) is 11.6. The number of ether oxygens (including phenoxy) is 2. The van der Waals surface area contributed by atoms with E-state index in [0.717, 1.165) is 51.4 Å². The summed E-state index contributed by atoms with van der Waals surface area (Å²) in [7, 11) is 0. The topological polar surface area (TPSA) is 142 Å². The van der Waals surface area contributed by atoms with E-state index >= 15 is 0 Å². The van der Waals surface area contributed by atoms with Crippen LogP contribution in [0.3, 0.4) is 0 Å². The maximum atomic E-state index is 13.3. The fourth-order valence-corrected chi connectivity index (χ4v) is 4.18. The summed E-state index contributed by atoms with van der Waals surface area (Å²) in [5.41, 5.74) is 5.46. The van der Waals surface area contributed by atoms with Crippen molar-refractivity contribution in [1.29, 1.82) is 0 Å². The zero-order valence-corrected chi connectivity index (χ0v) is 20.9. The summed E-state index contributed by atoms with van der Waals surface area (Å²) >= 11 is 0. The quantitative estimate of drug-likeness (QED) is 0.211. The van der Waals surface area contributed by atoms with Gasteiger partial charge >= 0.3 is 5.97 Å². The van der Waals surface area contributed by atoms with Gasteiger partial charge in [0.1, 0.15) is 13.3 Å². The molecule has 0 amide bonds. The zero-order valence-electron chi connectivity index (χ0n) is 20.9. The van der Waals surface area contributed by atoms with E-state index in [1.807, 2.05) is 27.7 Å². The SMILES string of the molecule is CCCC(CCC)C(=O)OCCOCn1c(C(=O)C(CCC)CCC)nc2c(=O)[nH]c(N)nc21. The molecule has 2 aromatic rings. The van der Waals surface area contributed by atoms with Crippen LogP contribution >= 0.6 is 0 Å². The minimum absolute atomic E-state index is 0.0429. The number of anilines is 1. The van der Waals surface area contributed by atoms with Gasteiger partial charge in [0.05, 0.1) is 12.5 Å². The molecule has 0 aromatic carbocycles. The number of hydrogen-bond donors (Lipinski definition) is 2. The Hall–Kier alpha value is -2.75. The number of H-pyrrole nitrogens is 1. The first-order valence-corrected chi connectivity index (χ1v) is 12.4. The van der Waals surface area contributed by atoms with Gasteiger partial charge in [-0.25, -0.2) is 4.98 Å². The van der Waals surface area contributed by atoms with Crippen molar-refractivity contribution in [3.63, 3.8) is 0 Å². The first-order valence-electron chi connectivity index (χ1n) is 12.4. The lowest BCUT2D eigenvalue weighted by Gasteiger charge is -2.16. The zero-order chi connectivity index (χ0) is 25.1. The number of aromatic nitrogens is 4. The van der Waals surface area contributed by atoms with Crippen LogP contribution in [0.5, 0.6) is 0 Å². The molecule has 34 heavy (non-hydrogen) atoms. The minimum atomic E-state index is -0.510. The average molecular weight is 478 g/mol. The van der Waals surface area contributed by atoms with Crippen molar-refractivity contribution in [2.45, 2.75) is 85.8 Å². The molecule has 2 heterocycles. The first kappa shape index (κ1) is 27.5. The van der Waals surface area contributed by atoms with Gasteiger partial charge in [-0.05, 0) is 25.7 Å². The third kappa shape index (κ3) is 7.12. The van der Waals surface area contributed by atoms with Crippen molar-refractivity contribution < 1.29 is 19.1 Å². The van der Waals surface area contributed by atoms with E-state index in [-0.39, 0.29) is 66.5 Å². The number of nitrogens with one attached hydrogen (secondary N) is 1. The van der Waals surface area contributed by atoms with E-state index in [1.165, 1.54) is 4.57 Å². The number of esters is 1. The Morgan fingerprint density at radius 2 is 1.53 bits per heavy atom. The molecule has 0 spiro atoms. The molecule has 0 aliphatic heterocycles. The number of carbonyl (C=O) groups is 2. The van der Waals surface area contributed by atoms with Crippen LogP contribution in [-0.4, -0.2) is 44.5 Å². The number of Topliss-reactive ketones (excluding diaryl/α,β-unsaturated/α-hetero) is 1. The van der Waals surface area contributed by atoms with E-state index < -0.39 is 5.56 Å². The van der Waals surface area contributed by atoms with Gasteiger partial charge in [0.15, 0.2) is 17.0 Å². The Morgan fingerprint density at radius 3 is 2.12 bits per heavy atom. The fraction of sp³-hybridized carbons (Fsp3) is 0.708. The van der Waals surface area contributed by atoms with Gasteiger partial charge in [-0.2, -0.15) is 4.98 Å². The Morgan fingerprint density at radius 1 is 0.941 bits per heavy atom. The Bertz CT molecular complexity index is 988. The van der Waals surface area contributed by atoms with Crippen molar-refractivity contribution >= 4 is 28.9 Å². The van der Waals surface area contributed by atoms with E-state index in [1.54, 1.807) is 0 Å². The van der Waals surface area contributed by atoms with Crippen molar-refractivity contribution in [2.24, 2.45) is 11.8 Å². The van der Waals surface area contributed by atoms with Gasteiger partial charge < -0.3 is 15.2 Å². The maximum Gasteiger partial charge on any atom is 0.309 e. The van der Waals surface area contributed by atoms with Crippen molar-refractivity contribution in [2.75, 3.05) is 18.9 Å². The largest absolute Gasteiger partial charge is 0.463 e. The molecule has 0 fully saturated rings. The summed E-state index contributed by atoms with van der Waals surface area (Å²) in [5, 5.41) is 0. The third-order valence-electron chi connectivity index (χ3n) is 5.79. The summed E-state index contributed by atoms with van der Waals surface area (Å²) in [4.78, 5) is 48.9. The van der Waals surface area contributed by atoms with Gasteiger partial charge in [-0.3, -0.25) is 23.9 Å². The van der Waals surface area contributed by atoms with Gasteiger partial charge in [0.2, 0.25) is 11.7 Å². The van der Waals surface area contributed by atoms with Gasteiger partial charge in [0, 0.05) is 5.92 Å². The van der Waals surface area contributed by atoms with Crippen LogP contribution in [0.2, 0.25) is 0 Å². The molecule has 2 rings (SSSR count). The second kappa shape index (κ2) is 13.8. The highest BCUT2D eigenvalue weighted by molar-refractivity contribution is 5.97. The Balaban J connectivity index is 2.16. The predicted octanol–water partition coefficient (Wildman–Crippen LogP) is 3.83. The van der Waals surface area contributed by atoms with Gasteiger partial charge in [-0.15, -0.1) is 0 Å². The van der Waals surface area contributed by atoms with Gasteiger partial charge in [-0.1, -0.05) is 53.4 Å². The number of aromatic amines is 1. The molecule has 10 nitrogen and oxygen atoms in total. The number of fused-ring (bicyclic) bond motifs is 1. The maximum absolute atomic E-state index is 13.3. The number of hydrogen-bond acceptors (Lipinski definition) is 8. The molecule has 10 heteroatoms. The third-order valence-corrected chi connectivity index (χ3v) is 5.79. The van der Waals surface area contributed by atoms with Crippen molar-refractivity contribution in [1.82, 2.24) is 19.5 Å². The lowest BCUT2D eigenvalue weighted by atomic mass is 9.93. The van der Waals surface area contributed by atoms with Crippen molar-refractivity contribution in [3.8, 4) is 0 Å². The second-order valence-electron chi connectivity index (χ2n) is 8.60. The minimum Gasteiger partial charge on any atom is -0.463 e.